The van der Waals surface area contributed by atoms with Gasteiger partial charge in [0.1, 0.15) is 0 Å². The average Bonchev–Trinajstić information content (AvgIpc) is 2.84. The minimum atomic E-state index is -0.391. The third-order valence-electron chi connectivity index (χ3n) is 3.24. The number of halogens is 1. The van der Waals surface area contributed by atoms with Crippen LogP contribution in [0.4, 0.5) is 0 Å². The molecule has 1 N–H and O–H groups in total. The van der Waals surface area contributed by atoms with Gasteiger partial charge in [0.05, 0.1) is 10.9 Å². The van der Waals surface area contributed by atoms with Crippen molar-refractivity contribution in [3.63, 3.8) is 0 Å². The van der Waals surface area contributed by atoms with Crippen LogP contribution in [0, 0.1) is 5.41 Å². The number of carbonyl (C=O) groups is 2. The smallest absolute Gasteiger partial charge is 0.225 e. The van der Waals surface area contributed by atoms with E-state index in [9.17, 15) is 9.59 Å². The van der Waals surface area contributed by atoms with E-state index in [4.69, 9.17) is 11.6 Å². The van der Waals surface area contributed by atoms with E-state index in [1.54, 1.807) is 0 Å². The fourth-order valence-corrected chi connectivity index (χ4v) is 2.97. The van der Waals surface area contributed by atoms with Crippen molar-refractivity contribution in [3.05, 3.63) is 21.3 Å². The van der Waals surface area contributed by atoms with Crippen molar-refractivity contribution < 1.29 is 9.59 Å². The molecule has 1 heterocycles. The molecule has 1 aromatic rings. The number of nitrogens with zero attached hydrogens (tertiary/aromatic N) is 1. The van der Waals surface area contributed by atoms with Crippen LogP contribution in [0.15, 0.2) is 12.1 Å². The molecule has 0 radical (unpaired) electrons. The lowest BCUT2D eigenvalue weighted by Gasteiger charge is -2.21. The number of carbonyl (C=O) groups excluding carboxylic acids is 2. The third kappa shape index (κ3) is 6.36. The molecule has 2 amide bonds. The average molecular weight is 345 g/mol. The molecule has 124 valence electrons. The van der Waals surface area contributed by atoms with Gasteiger partial charge in [0.2, 0.25) is 11.8 Å². The second-order valence-electron chi connectivity index (χ2n) is 6.22. The van der Waals surface area contributed by atoms with Crippen LogP contribution in [0.25, 0.3) is 0 Å². The Morgan fingerprint density at radius 3 is 2.50 bits per heavy atom. The molecule has 4 nitrogen and oxygen atoms in total. The quantitative estimate of drug-likeness (QED) is 0.767. The zero-order valence-corrected chi connectivity index (χ0v) is 15.3. The Kier molecular flexibility index (Phi) is 7.36. The second kappa shape index (κ2) is 8.53. The van der Waals surface area contributed by atoms with E-state index >= 15 is 0 Å². The number of hydrogen-bond donors (Lipinski definition) is 1. The molecular formula is C16H25ClN2O2S. The lowest BCUT2D eigenvalue weighted by molar-refractivity contribution is -0.132. The molecule has 0 atom stereocenters. The van der Waals surface area contributed by atoms with Crippen molar-refractivity contribution >= 4 is 34.8 Å². The summed E-state index contributed by atoms with van der Waals surface area (Å²) in [6.07, 6.45) is 1.10. The summed E-state index contributed by atoms with van der Waals surface area (Å²) in [4.78, 5) is 26.8. The first-order valence-corrected chi connectivity index (χ1v) is 8.73. The highest BCUT2D eigenvalue weighted by Crippen LogP contribution is 2.23. The van der Waals surface area contributed by atoms with Crippen LogP contribution in [0.3, 0.4) is 0 Å². The lowest BCUT2D eigenvalue weighted by atomic mass is 9.96. The predicted molar refractivity (Wildman–Crippen MR) is 92.1 cm³/mol. The monoisotopic (exact) mass is 344 g/mol. The summed E-state index contributed by atoms with van der Waals surface area (Å²) >= 11 is 7.41. The van der Waals surface area contributed by atoms with Crippen LogP contribution in [0.5, 0.6) is 0 Å². The molecule has 0 saturated heterocycles. The number of amides is 2. The highest BCUT2D eigenvalue weighted by Gasteiger charge is 2.20. The molecule has 22 heavy (non-hydrogen) atoms. The van der Waals surface area contributed by atoms with Gasteiger partial charge in [0.15, 0.2) is 0 Å². The highest BCUT2D eigenvalue weighted by molar-refractivity contribution is 7.16. The van der Waals surface area contributed by atoms with Gasteiger partial charge in [0, 0.05) is 29.8 Å². The standard InChI is InChI=1S/C16H25ClN2O2S/c1-5-19(11-12-8-9-13(17)22-12)14(20)7-6-10-18-15(21)16(2,3)4/h8-9H,5-7,10-11H2,1-4H3,(H,18,21). The SMILES string of the molecule is CCN(Cc1ccc(Cl)s1)C(=O)CCCNC(=O)C(C)(C)C. The normalized spacial score (nSPS) is 11.3. The molecule has 0 saturated carbocycles. The number of rotatable bonds is 7. The Labute approximate surface area is 141 Å². The Morgan fingerprint density at radius 1 is 1.32 bits per heavy atom. The summed E-state index contributed by atoms with van der Waals surface area (Å²) in [6, 6.07) is 3.80. The lowest BCUT2D eigenvalue weighted by Crippen LogP contribution is -2.36. The van der Waals surface area contributed by atoms with Crippen molar-refractivity contribution in [3.8, 4) is 0 Å². The van der Waals surface area contributed by atoms with Gasteiger partial charge >= 0.3 is 0 Å². The summed E-state index contributed by atoms with van der Waals surface area (Å²) in [6.45, 7) is 9.39. The van der Waals surface area contributed by atoms with Crippen LogP contribution in [0.2, 0.25) is 4.34 Å². The zero-order chi connectivity index (χ0) is 16.8. The predicted octanol–water partition coefficient (Wildman–Crippen LogP) is 3.69. The van der Waals surface area contributed by atoms with E-state index in [0.717, 1.165) is 9.21 Å². The molecule has 0 fully saturated rings. The van der Waals surface area contributed by atoms with Crippen molar-refractivity contribution in [1.82, 2.24) is 10.2 Å². The van der Waals surface area contributed by atoms with Crippen LogP contribution in [0.1, 0.15) is 45.4 Å². The summed E-state index contributed by atoms with van der Waals surface area (Å²) in [5, 5.41) is 2.86. The van der Waals surface area contributed by atoms with Crippen LogP contribution >= 0.6 is 22.9 Å². The third-order valence-corrected chi connectivity index (χ3v) is 4.46. The summed E-state index contributed by atoms with van der Waals surface area (Å²) in [5.74, 6) is 0.123. The molecule has 0 bridgehead atoms. The fourth-order valence-electron chi connectivity index (χ4n) is 1.87. The van der Waals surface area contributed by atoms with E-state index < -0.39 is 5.41 Å². The van der Waals surface area contributed by atoms with Gasteiger partial charge in [-0.2, -0.15) is 0 Å². The van der Waals surface area contributed by atoms with E-state index in [1.807, 2.05) is 44.7 Å². The molecule has 1 rings (SSSR count). The summed E-state index contributed by atoms with van der Waals surface area (Å²) < 4.78 is 0.739. The molecular weight excluding hydrogens is 320 g/mol. The van der Waals surface area contributed by atoms with Gasteiger partial charge in [0.25, 0.3) is 0 Å². The molecule has 0 aliphatic carbocycles. The highest BCUT2D eigenvalue weighted by atomic mass is 35.5. The van der Waals surface area contributed by atoms with Crippen LogP contribution in [-0.4, -0.2) is 29.8 Å². The first kappa shape index (κ1) is 19.0. The minimum Gasteiger partial charge on any atom is -0.356 e. The van der Waals surface area contributed by atoms with Crippen LogP contribution in [-0.2, 0) is 16.1 Å². The molecule has 0 aromatic carbocycles. The van der Waals surface area contributed by atoms with Crippen molar-refractivity contribution in [1.29, 1.82) is 0 Å². The summed E-state index contributed by atoms with van der Waals surface area (Å²) in [5.41, 5.74) is -0.391. The Hall–Kier alpha value is -1.07. The first-order chi connectivity index (χ1) is 10.2. The maximum absolute atomic E-state index is 12.2. The largest absolute Gasteiger partial charge is 0.356 e. The van der Waals surface area contributed by atoms with Gasteiger partial charge in [-0.3, -0.25) is 9.59 Å². The number of thiophene rings is 1. The Morgan fingerprint density at radius 2 is 2.00 bits per heavy atom. The molecule has 0 unspecified atom stereocenters. The van der Waals surface area contributed by atoms with Crippen molar-refractivity contribution in [2.24, 2.45) is 5.41 Å². The van der Waals surface area contributed by atoms with E-state index in [0.29, 0.717) is 32.5 Å². The second-order valence-corrected chi connectivity index (χ2v) is 8.02. The Bertz CT molecular complexity index is 508. The maximum atomic E-state index is 12.2. The molecule has 0 spiro atoms. The number of nitrogens with one attached hydrogen (secondary N) is 1. The molecule has 1 aromatic heterocycles. The van der Waals surface area contributed by atoms with Crippen molar-refractivity contribution in [2.75, 3.05) is 13.1 Å². The Balaban J connectivity index is 2.35. The molecule has 6 heteroatoms. The van der Waals surface area contributed by atoms with Gasteiger partial charge in [-0.1, -0.05) is 32.4 Å². The van der Waals surface area contributed by atoms with E-state index in [1.165, 1.54) is 11.3 Å². The van der Waals surface area contributed by atoms with Gasteiger partial charge in [-0.05, 0) is 25.5 Å². The van der Waals surface area contributed by atoms with Gasteiger partial charge in [-0.15, -0.1) is 11.3 Å². The number of hydrogen-bond acceptors (Lipinski definition) is 3. The van der Waals surface area contributed by atoms with E-state index in [-0.39, 0.29) is 11.8 Å². The molecule has 0 aliphatic rings. The maximum Gasteiger partial charge on any atom is 0.225 e. The minimum absolute atomic E-state index is 0.0144. The zero-order valence-electron chi connectivity index (χ0n) is 13.7. The van der Waals surface area contributed by atoms with Crippen LogP contribution < -0.4 is 5.32 Å². The summed E-state index contributed by atoms with van der Waals surface area (Å²) in [7, 11) is 0. The fraction of sp³-hybridized carbons (Fsp3) is 0.625. The molecule has 0 aliphatic heterocycles. The van der Waals surface area contributed by atoms with Gasteiger partial charge in [-0.25, -0.2) is 0 Å². The van der Waals surface area contributed by atoms with Gasteiger partial charge < -0.3 is 10.2 Å². The van der Waals surface area contributed by atoms with E-state index in [2.05, 4.69) is 5.32 Å². The first-order valence-electron chi connectivity index (χ1n) is 7.54. The topological polar surface area (TPSA) is 49.4 Å². The van der Waals surface area contributed by atoms with Crippen molar-refractivity contribution in [2.45, 2.75) is 47.1 Å².